The molecule has 1 saturated carbocycles. The molecule has 0 saturated heterocycles. The molecule has 30 heavy (non-hydrogen) atoms. The molecule has 1 aliphatic carbocycles. The summed E-state index contributed by atoms with van der Waals surface area (Å²) in [6.07, 6.45) is 7.02. The van der Waals surface area contributed by atoms with Crippen molar-refractivity contribution >= 4 is 57.3 Å². The van der Waals surface area contributed by atoms with Crippen LogP contribution in [0.2, 0.25) is 0 Å². The number of benzene rings is 2. The summed E-state index contributed by atoms with van der Waals surface area (Å²) >= 11 is 1.84. The molecule has 2 aromatic heterocycles. The van der Waals surface area contributed by atoms with Crippen molar-refractivity contribution in [2.45, 2.75) is 52.1 Å². The second-order valence-electron chi connectivity index (χ2n) is 8.93. The maximum Gasteiger partial charge on any atom is 0.0931 e. The van der Waals surface area contributed by atoms with Crippen LogP contribution >= 0.6 is 36.2 Å². The van der Waals surface area contributed by atoms with Crippen molar-refractivity contribution < 1.29 is 0 Å². The van der Waals surface area contributed by atoms with Gasteiger partial charge in [-0.1, -0.05) is 32.0 Å². The van der Waals surface area contributed by atoms with Crippen molar-refractivity contribution in [3.63, 3.8) is 0 Å². The van der Waals surface area contributed by atoms with E-state index in [1.165, 1.54) is 52.5 Å². The number of rotatable bonds is 4. The van der Waals surface area contributed by atoms with E-state index in [4.69, 9.17) is 0 Å². The van der Waals surface area contributed by atoms with E-state index < -0.39 is 0 Å². The molecule has 6 heteroatoms. The van der Waals surface area contributed by atoms with Crippen LogP contribution in [0.1, 0.15) is 45.1 Å². The second-order valence-corrected chi connectivity index (χ2v) is 9.84. The Hall–Kier alpha value is -1.59. The number of nitrogens with one attached hydrogen (secondary N) is 2. The van der Waals surface area contributed by atoms with Gasteiger partial charge in [-0.25, -0.2) is 4.98 Å². The van der Waals surface area contributed by atoms with Crippen molar-refractivity contribution in [1.82, 2.24) is 15.3 Å². The summed E-state index contributed by atoms with van der Waals surface area (Å²) in [4.78, 5) is 7.54. The molecule has 2 N–H and O–H groups in total. The van der Waals surface area contributed by atoms with Crippen molar-refractivity contribution in [2.24, 2.45) is 5.41 Å². The zero-order chi connectivity index (χ0) is 19.1. The largest absolute Gasteiger partial charge is 0.345 e. The number of nitrogens with zero attached hydrogens (tertiary/aromatic N) is 1. The first kappa shape index (κ1) is 23.1. The molecule has 1 fully saturated rings. The predicted molar refractivity (Wildman–Crippen MR) is 134 cm³/mol. The van der Waals surface area contributed by atoms with Gasteiger partial charge in [0.1, 0.15) is 0 Å². The van der Waals surface area contributed by atoms with Crippen molar-refractivity contribution in [2.75, 3.05) is 0 Å². The van der Waals surface area contributed by atoms with E-state index in [2.05, 4.69) is 70.9 Å². The molecule has 0 radical (unpaired) electrons. The molecule has 0 amide bonds. The van der Waals surface area contributed by atoms with Crippen LogP contribution in [-0.2, 0) is 6.54 Å². The summed E-state index contributed by atoms with van der Waals surface area (Å²) in [7, 11) is 0. The third-order valence-electron chi connectivity index (χ3n) is 6.31. The SMILES string of the molecule is CC1(C)CCC(NCc2ccc3c(-c4ccc5nc[nH]c5c4)csc3c2)CC1.Cl.Cl. The first-order valence-electron chi connectivity index (χ1n) is 10.2. The van der Waals surface area contributed by atoms with Gasteiger partial charge in [0.2, 0.25) is 0 Å². The lowest BCUT2D eigenvalue weighted by Crippen LogP contribution is -2.35. The van der Waals surface area contributed by atoms with Gasteiger partial charge in [0.15, 0.2) is 0 Å². The van der Waals surface area contributed by atoms with Crippen molar-refractivity contribution in [1.29, 1.82) is 0 Å². The topological polar surface area (TPSA) is 40.7 Å². The van der Waals surface area contributed by atoms with E-state index in [1.54, 1.807) is 6.33 Å². The van der Waals surface area contributed by atoms with Gasteiger partial charge in [-0.3, -0.25) is 0 Å². The molecule has 0 atom stereocenters. The minimum Gasteiger partial charge on any atom is -0.345 e. The zero-order valence-corrected chi connectivity index (χ0v) is 19.9. The lowest BCUT2D eigenvalue weighted by Gasteiger charge is -2.34. The van der Waals surface area contributed by atoms with Gasteiger partial charge in [0.05, 0.1) is 17.4 Å². The molecule has 2 heterocycles. The Labute approximate surface area is 194 Å². The Morgan fingerprint density at radius 3 is 2.70 bits per heavy atom. The van der Waals surface area contributed by atoms with E-state index in [9.17, 15) is 0 Å². The minimum absolute atomic E-state index is 0. The van der Waals surface area contributed by atoms with Crippen LogP contribution in [-0.4, -0.2) is 16.0 Å². The lowest BCUT2D eigenvalue weighted by molar-refractivity contribution is 0.206. The van der Waals surface area contributed by atoms with E-state index >= 15 is 0 Å². The normalized spacial score (nSPS) is 16.3. The summed E-state index contributed by atoms with van der Waals surface area (Å²) < 4.78 is 1.36. The number of fused-ring (bicyclic) bond motifs is 2. The fourth-order valence-corrected chi connectivity index (χ4v) is 5.41. The van der Waals surface area contributed by atoms with Gasteiger partial charge >= 0.3 is 0 Å². The Balaban J connectivity index is 0.00000128. The van der Waals surface area contributed by atoms with Crippen LogP contribution in [0.3, 0.4) is 0 Å². The van der Waals surface area contributed by atoms with Gasteiger partial charge in [0, 0.05) is 28.2 Å². The van der Waals surface area contributed by atoms with Crippen LogP contribution in [0.4, 0.5) is 0 Å². The average Bonchev–Trinajstić information content (AvgIpc) is 3.33. The highest BCUT2D eigenvalue weighted by atomic mass is 35.5. The molecule has 3 nitrogen and oxygen atoms in total. The monoisotopic (exact) mass is 461 g/mol. The van der Waals surface area contributed by atoms with E-state index in [0.29, 0.717) is 11.5 Å². The Morgan fingerprint density at radius 1 is 1.10 bits per heavy atom. The van der Waals surface area contributed by atoms with Gasteiger partial charge in [-0.2, -0.15) is 0 Å². The zero-order valence-electron chi connectivity index (χ0n) is 17.4. The van der Waals surface area contributed by atoms with Crippen LogP contribution < -0.4 is 5.32 Å². The molecule has 5 rings (SSSR count). The van der Waals surface area contributed by atoms with Gasteiger partial charge in [-0.15, -0.1) is 36.2 Å². The standard InChI is InChI=1S/C24H27N3S.2ClH/c1-24(2)9-7-18(8-10-24)25-13-16-3-5-19-20(14-28-23(19)11-16)17-4-6-21-22(12-17)27-15-26-21;;/h3-6,11-12,14-15,18,25H,7-10,13H2,1-2H3,(H,26,27);2*1H. The molecule has 2 aromatic carbocycles. The van der Waals surface area contributed by atoms with Crippen LogP contribution in [0.15, 0.2) is 48.1 Å². The first-order valence-corrected chi connectivity index (χ1v) is 11.1. The molecule has 0 bridgehead atoms. The van der Waals surface area contributed by atoms with E-state index in [-0.39, 0.29) is 24.8 Å². The smallest absolute Gasteiger partial charge is 0.0931 e. The number of aromatic nitrogens is 2. The molecule has 0 spiro atoms. The van der Waals surface area contributed by atoms with Crippen molar-refractivity contribution in [3.05, 3.63) is 53.7 Å². The minimum atomic E-state index is 0. The van der Waals surface area contributed by atoms with Crippen LogP contribution in [0.5, 0.6) is 0 Å². The number of aromatic amines is 1. The molecular weight excluding hydrogens is 433 g/mol. The van der Waals surface area contributed by atoms with E-state index in [1.807, 2.05) is 11.3 Å². The average molecular weight is 462 g/mol. The fourth-order valence-electron chi connectivity index (χ4n) is 4.37. The van der Waals surface area contributed by atoms with Gasteiger partial charge < -0.3 is 10.3 Å². The van der Waals surface area contributed by atoms with Gasteiger partial charge in [-0.05, 0) is 65.8 Å². The maximum atomic E-state index is 4.32. The third-order valence-corrected chi connectivity index (χ3v) is 7.25. The Morgan fingerprint density at radius 2 is 1.90 bits per heavy atom. The van der Waals surface area contributed by atoms with Crippen LogP contribution in [0, 0.1) is 5.41 Å². The number of imidazole rings is 1. The van der Waals surface area contributed by atoms with Crippen molar-refractivity contribution in [3.8, 4) is 11.1 Å². The molecule has 4 aromatic rings. The molecule has 1 aliphatic rings. The van der Waals surface area contributed by atoms with Gasteiger partial charge in [0.25, 0.3) is 0 Å². The van der Waals surface area contributed by atoms with E-state index in [0.717, 1.165) is 17.6 Å². The summed E-state index contributed by atoms with van der Waals surface area (Å²) in [6, 6.07) is 14.1. The first-order chi connectivity index (χ1) is 13.6. The molecule has 160 valence electrons. The Bertz CT molecular complexity index is 1120. The quantitative estimate of drug-likeness (QED) is 0.333. The Kier molecular flexibility index (Phi) is 7.13. The second kappa shape index (κ2) is 9.27. The highest BCUT2D eigenvalue weighted by Crippen LogP contribution is 2.36. The lowest BCUT2D eigenvalue weighted by atomic mass is 9.75. The summed E-state index contributed by atoms with van der Waals surface area (Å²) in [5, 5.41) is 7.41. The number of hydrogen-bond acceptors (Lipinski definition) is 3. The summed E-state index contributed by atoms with van der Waals surface area (Å²) in [5.74, 6) is 0. The number of thiophene rings is 1. The van der Waals surface area contributed by atoms with Crippen LogP contribution in [0.25, 0.3) is 32.2 Å². The number of halogens is 2. The number of H-pyrrole nitrogens is 1. The summed E-state index contributed by atoms with van der Waals surface area (Å²) in [5.41, 5.74) is 6.58. The third kappa shape index (κ3) is 4.67. The highest BCUT2D eigenvalue weighted by Gasteiger charge is 2.26. The molecule has 0 unspecified atom stereocenters. The predicted octanol–water partition coefficient (Wildman–Crippen LogP) is 7.35. The number of hydrogen-bond donors (Lipinski definition) is 2. The molecular formula is C24H29Cl2N3S. The summed E-state index contributed by atoms with van der Waals surface area (Å²) in [6.45, 7) is 5.76. The maximum absolute atomic E-state index is 4.32. The fraction of sp³-hybridized carbons (Fsp3) is 0.375. The highest BCUT2D eigenvalue weighted by molar-refractivity contribution is 7.17. The molecule has 0 aliphatic heterocycles.